The number of benzene rings is 1. The molecule has 5 heteroatoms. The summed E-state index contributed by atoms with van der Waals surface area (Å²) in [5.74, 6) is 0.213. The molecule has 0 atom stereocenters. The van der Waals surface area contributed by atoms with Crippen LogP contribution in [0.25, 0.3) is 10.9 Å². The van der Waals surface area contributed by atoms with Gasteiger partial charge in [0.15, 0.2) is 0 Å². The van der Waals surface area contributed by atoms with Crippen LogP contribution in [0.5, 0.6) is 11.5 Å². The van der Waals surface area contributed by atoms with Crippen molar-refractivity contribution in [3.8, 4) is 11.5 Å². The minimum absolute atomic E-state index is 0.137. The molecular weight excluding hydrogens is 246 g/mol. The number of nitrogens with zero attached hydrogens (tertiary/aromatic N) is 1. The maximum atomic E-state index is 11.0. The van der Waals surface area contributed by atoms with E-state index in [1.807, 2.05) is 6.92 Å². The Balaban J connectivity index is 2.82. The number of carboxylic acids is 1. The molecule has 0 saturated carbocycles. The molecule has 0 spiro atoms. The summed E-state index contributed by atoms with van der Waals surface area (Å²) in [5, 5.41) is 9.74. The highest BCUT2D eigenvalue weighted by molar-refractivity contribution is 5.93. The minimum Gasteiger partial charge on any atom is -0.496 e. The van der Waals surface area contributed by atoms with Crippen LogP contribution in [0, 0.1) is 6.92 Å². The second kappa shape index (κ2) is 5.14. The summed E-state index contributed by atoms with van der Waals surface area (Å²) in [7, 11) is 3.07. The number of hydrogen-bond acceptors (Lipinski definition) is 4. The van der Waals surface area contributed by atoms with Crippen LogP contribution in [0.15, 0.2) is 18.2 Å². The molecule has 2 rings (SSSR count). The molecule has 1 N–H and O–H groups in total. The van der Waals surface area contributed by atoms with Gasteiger partial charge in [-0.15, -0.1) is 0 Å². The number of aryl methyl sites for hydroxylation is 1. The Hall–Kier alpha value is -2.30. The highest BCUT2D eigenvalue weighted by atomic mass is 16.5. The third-order valence-corrected chi connectivity index (χ3v) is 2.90. The molecule has 100 valence electrons. The van der Waals surface area contributed by atoms with Crippen molar-refractivity contribution >= 4 is 16.9 Å². The summed E-state index contributed by atoms with van der Waals surface area (Å²) in [5.41, 5.74) is 2.10. The first-order valence-electron chi connectivity index (χ1n) is 5.79. The molecule has 2 aromatic rings. The molecule has 0 aliphatic heterocycles. The lowest BCUT2D eigenvalue weighted by atomic mass is 10.0. The number of ether oxygens (including phenoxy) is 2. The molecule has 1 heterocycles. The van der Waals surface area contributed by atoms with Crippen molar-refractivity contribution in [3.63, 3.8) is 0 Å². The zero-order chi connectivity index (χ0) is 14.0. The molecular formula is C14H15NO4. The van der Waals surface area contributed by atoms with Crippen molar-refractivity contribution in [2.24, 2.45) is 0 Å². The van der Waals surface area contributed by atoms with E-state index in [0.717, 1.165) is 5.69 Å². The Morgan fingerprint density at radius 1 is 1.26 bits per heavy atom. The van der Waals surface area contributed by atoms with Crippen LogP contribution in [0.4, 0.5) is 0 Å². The summed E-state index contributed by atoms with van der Waals surface area (Å²) in [4.78, 5) is 15.4. The number of aliphatic carboxylic acids is 1. The molecule has 1 aromatic carbocycles. The highest BCUT2D eigenvalue weighted by Crippen LogP contribution is 2.34. The first-order chi connectivity index (χ1) is 9.06. The third-order valence-electron chi connectivity index (χ3n) is 2.90. The van der Waals surface area contributed by atoms with Crippen LogP contribution in [0.3, 0.4) is 0 Å². The van der Waals surface area contributed by atoms with E-state index in [0.29, 0.717) is 28.0 Å². The fourth-order valence-corrected chi connectivity index (χ4v) is 2.15. The first kappa shape index (κ1) is 13.1. The number of aromatic nitrogens is 1. The van der Waals surface area contributed by atoms with Gasteiger partial charge in [0.05, 0.1) is 26.2 Å². The summed E-state index contributed by atoms with van der Waals surface area (Å²) < 4.78 is 10.6. The Labute approximate surface area is 110 Å². The summed E-state index contributed by atoms with van der Waals surface area (Å²) in [6.45, 7) is 1.86. The molecule has 19 heavy (non-hydrogen) atoms. The Morgan fingerprint density at radius 2 is 1.95 bits per heavy atom. The summed E-state index contributed by atoms with van der Waals surface area (Å²) in [6.07, 6.45) is -0.137. The van der Waals surface area contributed by atoms with Crippen molar-refractivity contribution in [1.82, 2.24) is 4.98 Å². The monoisotopic (exact) mass is 261 g/mol. The largest absolute Gasteiger partial charge is 0.496 e. The van der Waals surface area contributed by atoms with Gasteiger partial charge >= 0.3 is 5.97 Å². The second-order valence-corrected chi connectivity index (χ2v) is 4.18. The van der Waals surface area contributed by atoms with Crippen LogP contribution in [-0.2, 0) is 11.2 Å². The molecule has 0 unspecified atom stereocenters. The van der Waals surface area contributed by atoms with Gasteiger partial charge in [0, 0.05) is 22.7 Å². The Kier molecular flexibility index (Phi) is 3.55. The number of fused-ring (bicyclic) bond motifs is 1. The number of hydrogen-bond donors (Lipinski definition) is 1. The minimum atomic E-state index is -0.923. The first-order valence-corrected chi connectivity index (χ1v) is 5.79. The number of rotatable bonds is 4. The van der Waals surface area contributed by atoms with Crippen molar-refractivity contribution in [2.75, 3.05) is 14.2 Å². The standard InChI is InChI=1S/C14H15NO4/c1-8-6-12(19-3)14-9(7-13(16)17)11(18-2)5-4-10(14)15-8/h4-6H,7H2,1-3H3,(H,16,17). The summed E-state index contributed by atoms with van der Waals surface area (Å²) in [6, 6.07) is 5.31. The molecule has 0 fully saturated rings. The fraction of sp³-hybridized carbons (Fsp3) is 0.286. The van der Waals surface area contributed by atoms with Crippen LogP contribution < -0.4 is 9.47 Å². The zero-order valence-electron chi connectivity index (χ0n) is 11.1. The van der Waals surface area contributed by atoms with Gasteiger partial charge < -0.3 is 14.6 Å². The molecule has 0 aliphatic carbocycles. The number of carbonyl (C=O) groups is 1. The lowest BCUT2D eigenvalue weighted by molar-refractivity contribution is -0.136. The zero-order valence-corrected chi connectivity index (χ0v) is 11.1. The van der Waals surface area contributed by atoms with Gasteiger partial charge in [0.25, 0.3) is 0 Å². The normalized spacial score (nSPS) is 10.5. The van der Waals surface area contributed by atoms with Crippen LogP contribution in [0.2, 0.25) is 0 Å². The smallest absolute Gasteiger partial charge is 0.307 e. The third kappa shape index (κ3) is 2.45. The average Bonchev–Trinajstić information content (AvgIpc) is 2.37. The SMILES string of the molecule is COc1ccc2nc(C)cc(OC)c2c1CC(=O)O. The Morgan fingerprint density at radius 3 is 2.53 bits per heavy atom. The van der Waals surface area contributed by atoms with Gasteiger partial charge in [0.1, 0.15) is 11.5 Å². The van der Waals surface area contributed by atoms with E-state index in [-0.39, 0.29) is 6.42 Å². The molecule has 0 amide bonds. The van der Waals surface area contributed by atoms with Crippen molar-refractivity contribution in [2.45, 2.75) is 13.3 Å². The van der Waals surface area contributed by atoms with Gasteiger partial charge in [-0.25, -0.2) is 0 Å². The van der Waals surface area contributed by atoms with E-state index in [9.17, 15) is 4.79 Å². The van der Waals surface area contributed by atoms with Crippen molar-refractivity contribution in [3.05, 3.63) is 29.5 Å². The maximum Gasteiger partial charge on any atom is 0.307 e. The quantitative estimate of drug-likeness (QED) is 0.913. The van der Waals surface area contributed by atoms with Crippen LogP contribution in [-0.4, -0.2) is 30.3 Å². The van der Waals surface area contributed by atoms with Gasteiger partial charge in [-0.2, -0.15) is 0 Å². The van der Waals surface area contributed by atoms with Crippen LogP contribution in [0.1, 0.15) is 11.3 Å². The number of methoxy groups -OCH3 is 2. The van der Waals surface area contributed by atoms with Crippen LogP contribution >= 0.6 is 0 Å². The topological polar surface area (TPSA) is 68.7 Å². The molecule has 0 saturated heterocycles. The van der Waals surface area contributed by atoms with E-state index in [2.05, 4.69) is 4.98 Å². The lowest BCUT2D eigenvalue weighted by Crippen LogP contribution is -2.05. The van der Waals surface area contributed by atoms with Crippen molar-refractivity contribution < 1.29 is 19.4 Å². The van der Waals surface area contributed by atoms with E-state index in [4.69, 9.17) is 14.6 Å². The highest BCUT2D eigenvalue weighted by Gasteiger charge is 2.16. The van der Waals surface area contributed by atoms with Gasteiger partial charge in [-0.05, 0) is 19.1 Å². The molecule has 5 nitrogen and oxygen atoms in total. The van der Waals surface area contributed by atoms with Gasteiger partial charge in [-0.3, -0.25) is 9.78 Å². The maximum absolute atomic E-state index is 11.0. The Bertz CT molecular complexity index is 637. The average molecular weight is 261 g/mol. The molecule has 1 aromatic heterocycles. The van der Waals surface area contributed by atoms with Gasteiger partial charge in [-0.1, -0.05) is 0 Å². The summed E-state index contributed by atoms with van der Waals surface area (Å²) >= 11 is 0. The number of pyridine rings is 1. The fourth-order valence-electron chi connectivity index (χ4n) is 2.15. The number of carboxylic acid groups (broad SMARTS) is 1. The van der Waals surface area contributed by atoms with Gasteiger partial charge in [0.2, 0.25) is 0 Å². The van der Waals surface area contributed by atoms with E-state index in [1.54, 1.807) is 25.3 Å². The molecule has 0 radical (unpaired) electrons. The molecule has 0 bridgehead atoms. The van der Waals surface area contributed by atoms with E-state index in [1.165, 1.54) is 7.11 Å². The van der Waals surface area contributed by atoms with E-state index < -0.39 is 5.97 Å². The predicted octanol–water partition coefficient (Wildman–Crippen LogP) is 2.19. The second-order valence-electron chi connectivity index (χ2n) is 4.18. The lowest BCUT2D eigenvalue weighted by Gasteiger charge is -2.13. The van der Waals surface area contributed by atoms with Crippen molar-refractivity contribution in [1.29, 1.82) is 0 Å². The van der Waals surface area contributed by atoms with E-state index >= 15 is 0 Å². The molecule has 0 aliphatic rings. The predicted molar refractivity (Wildman–Crippen MR) is 70.9 cm³/mol.